The lowest BCUT2D eigenvalue weighted by Crippen LogP contribution is -2.53. The number of carbonyl (C=O) groups is 2. The van der Waals surface area contributed by atoms with Gasteiger partial charge in [-0.3, -0.25) is 13.9 Å². The van der Waals surface area contributed by atoms with E-state index in [0.29, 0.717) is 31.6 Å². The summed E-state index contributed by atoms with van der Waals surface area (Å²) in [5.74, 6) is -0.630. The normalized spacial score (nSPS) is 12.1. The van der Waals surface area contributed by atoms with Crippen molar-refractivity contribution in [2.45, 2.75) is 39.2 Å². The van der Waals surface area contributed by atoms with Crippen LogP contribution in [0.3, 0.4) is 0 Å². The average molecular weight is 586 g/mol. The molecule has 0 radical (unpaired) electrons. The number of nitrogens with one attached hydrogen (secondary N) is 1. The van der Waals surface area contributed by atoms with Crippen molar-refractivity contribution in [1.82, 2.24) is 10.2 Å². The van der Waals surface area contributed by atoms with Crippen LogP contribution in [-0.2, 0) is 26.0 Å². The second kappa shape index (κ2) is 12.9. The third-order valence-electron chi connectivity index (χ3n) is 5.21. The minimum atomic E-state index is -3.71. The molecule has 9 heteroatoms. The SMILES string of the molecule is CCCNC(=O)[C@@H](CC)N(CCc1ccccc1)C(=O)CN(c1ccc(I)cc1)S(C)(=O)=O. The van der Waals surface area contributed by atoms with Crippen LogP contribution in [0, 0.1) is 3.57 Å². The average Bonchev–Trinajstić information content (AvgIpc) is 2.79. The monoisotopic (exact) mass is 585 g/mol. The van der Waals surface area contributed by atoms with Crippen molar-refractivity contribution >= 4 is 50.1 Å². The van der Waals surface area contributed by atoms with Gasteiger partial charge < -0.3 is 10.2 Å². The quantitative estimate of drug-likeness (QED) is 0.387. The fourth-order valence-corrected chi connectivity index (χ4v) is 4.69. The van der Waals surface area contributed by atoms with E-state index in [1.54, 1.807) is 24.3 Å². The summed E-state index contributed by atoms with van der Waals surface area (Å²) in [6.45, 7) is 4.28. The summed E-state index contributed by atoms with van der Waals surface area (Å²) in [5.41, 5.74) is 1.45. The highest BCUT2D eigenvalue weighted by atomic mass is 127. The first kappa shape index (κ1) is 27.1. The zero-order chi connectivity index (χ0) is 24.4. The van der Waals surface area contributed by atoms with E-state index in [1.165, 1.54) is 4.90 Å². The van der Waals surface area contributed by atoms with Gasteiger partial charge in [-0.1, -0.05) is 44.2 Å². The first-order chi connectivity index (χ1) is 15.7. The summed E-state index contributed by atoms with van der Waals surface area (Å²) in [6.07, 6.45) is 2.86. The third kappa shape index (κ3) is 8.29. The number of nitrogens with zero attached hydrogens (tertiary/aromatic N) is 2. The van der Waals surface area contributed by atoms with Crippen LogP contribution in [-0.4, -0.2) is 57.1 Å². The van der Waals surface area contributed by atoms with Crippen molar-refractivity contribution in [2.75, 3.05) is 30.2 Å². The minimum Gasteiger partial charge on any atom is -0.354 e. The molecule has 1 N–H and O–H groups in total. The highest BCUT2D eigenvalue weighted by Crippen LogP contribution is 2.20. The van der Waals surface area contributed by atoms with Gasteiger partial charge in [0.25, 0.3) is 0 Å². The predicted molar refractivity (Wildman–Crippen MR) is 141 cm³/mol. The maximum atomic E-state index is 13.5. The van der Waals surface area contributed by atoms with Crippen molar-refractivity contribution in [1.29, 1.82) is 0 Å². The third-order valence-corrected chi connectivity index (χ3v) is 7.07. The summed E-state index contributed by atoms with van der Waals surface area (Å²) >= 11 is 2.14. The number of carbonyl (C=O) groups excluding carboxylic acids is 2. The maximum absolute atomic E-state index is 13.5. The van der Waals surface area contributed by atoms with Crippen LogP contribution >= 0.6 is 22.6 Å². The fourth-order valence-electron chi connectivity index (χ4n) is 3.48. The Morgan fingerprint density at radius 2 is 1.67 bits per heavy atom. The van der Waals surface area contributed by atoms with Gasteiger partial charge in [-0.25, -0.2) is 8.42 Å². The van der Waals surface area contributed by atoms with Crippen molar-refractivity contribution in [3.63, 3.8) is 0 Å². The second-order valence-electron chi connectivity index (χ2n) is 7.78. The van der Waals surface area contributed by atoms with Gasteiger partial charge in [0.1, 0.15) is 12.6 Å². The van der Waals surface area contributed by atoms with Gasteiger partial charge in [-0.2, -0.15) is 0 Å². The van der Waals surface area contributed by atoms with E-state index < -0.39 is 22.0 Å². The Hall–Kier alpha value is -2.14. The molecule has 0 heterocycles. The number of benzene rings is 2. The van der Waals surface area contributed by atoms with Crippen LogP contribution < -0.4 is 9.62 Å². The first-order valence-corrected chi connectivity index (χ1v) is 13.9. The molecule has 1 atom stereocenters. The summed E-state index contributed by atoms with van der Waals surface area (Å²) in [6, 6.07) is 16.0. The molecule has 0 aliphatic rings. The van der Waals surface area contributed by atoms with Crippen LogP contribution in [0.2, 0.25) is 0 Å². The topological polar surface area (TPSA) is 86.8 Å². The Morgan fingerprint density at radius 3 is 2.21 bits per heavy atom. The smallest absolute Gasteiger partial charge is 0.244 e. The number of sulfonamides is 1. The molecule has 2 amide bonds. The van der Waals surface area contributed by atoms with Crippen molar-refractivity contribution < 1.29 is 18.0 Å². The number of hydrogen-bond acceptors (Lipinski definition) is 4. The highest BCUT2D eigenvalue weighted by Gasteiger charge is 2.31. The molecule has 0 saturated carbocycles. The van der Waals surface area contributed by atoms with Crippen molar-refractivity contribution in [3.05, 3.63) is 63.7 Å². The van der Waals surface area contributed by atoms with Crippen molar-refractivity contribution in [2.24, 2.45) is 0 Å². The Morgan fingerprint density at radius 1 is 1.03 bits per heavy atom. The Balaban J connectivity index is 2.32. The number of rotatable bonds is 12. The molecule has 0 spiro atoms. The van der Waals surface area contributed by atoms with Gasteiger partial charge in [0.15, 0.2) is 0 Å². The molecule has 0 aliphatic carbocycles. The van der Waals surface area contributed by atoms with Gasteiger partial charge in [-0.15, -0.1) is 0 Å². The fraction of sp³-hybridized carbons (Fsp3) is 0.417. The van der Waals surface area contributed by atoms with E-state index >= 15 is 0 Å². The molecule has 0 aliphatic heterocycles. The van der Waals surface area contributed by atoms with E-state index in [2.05, 4.69) is 27.9 Å². The van der Waals surface area contributed by atoms with E-state index in [4.69, 9.17) is 0 Å². The zero-order valence-electron chi connectivity index (χ0n) is 19.3. The molecule has 2 aromatic carbocycles. The molecule has 7 nitrogen and oxygen atoms in total. The molecule has 0 saturated heterocycles. The van der Waals surface area contributed by atoms with E-state index in [-0.39, 0.29) is 12.5 Å². The molecule has 0 aromatic heterocycles. The van der Waals surface area contributed by atoms with Gasteiger partial charge in [-0.05, 0) is 71.7 Å². The van der Waals surface area contributed by atoms with E-state index in [0.717, 1.165) is 26.1 Å². The zero-order valence-corrected chi connectivity index (χ0v) is 22.3. The Bertz CT molecular complexity index is 1010. The van der Waals surface area contributed by atoms with Crippen LogP contribution in [0.5, 0.6) is 0 Å². The van der Waals surface area contributed by atoms with Crippen LogP contribution in [0.4, 0.5) is 5.69 Å². The molecule has 33 heavy (non-hydrogen) atoms. The minimum absolute atomic E-state index is 0.221. The van der Waals surface area contributed by atoms with Gasteiger partial charge in [0.2, 0.25) is 21.8 Å². The summed E-state index contributed by atoms with van der Waals surface area (Å²) < 4.78 is 27.1. The summed E-state index contributed by atoms with van der Waals surface area (Å²) in [5, 5.41) is 2.87. The molecular weight excluding hydrogens is 553 g/mol. The summed E-state index contributed by atoms with van der Waals surface area (Å²) in [7, 11) is -3.71. The highest BCUT2D eigenvalue weighted by molar-refractivity contribution is 14.1. The van der Waals surface area contributed by atoms with Crippen LogP contribution in [0.1, 0.15) is 32.3 Å². The molecule has 180 valence electrons. The Kier molecular flexibility index (Phi) is 10.6. The number of anilines is 1. The lowest BCUT2D eigenvalue weighted by Gasteiger charge is -2.32. The van der Waals surface area contributed by atoms with Crippen molar-refractivity contribution in [3.8, 4) is 0 Å². The van der Waals surface area contributed by atoms with Gasteiger partial charge >= 0.3 is 0 Å². The lowest BCUT2D eigenvalue weighted by molar-refractivity contribution is -0.139. The van der Waals surface area contributed by atoms with Crippen LogP contribution in [0.15, 0.2) is 54.6 Å². The molecule has 0 unspecified atom stereocenters. The van der Waals surface area contributed by atoms with Gasteiger partial charge in [0, 0.05) is 16.7 Å². The number of hydrogen-bond donors (Lipinski definition) is 1. The summed E-state index contributed by atoms with van der Waals surface area (Å²) in [4.78, 5) is 27.8. The standard InChI is InChI=1S/C24H32IN3O4S/c1-4-16-26-24(30)22(5-2)27(17-15-19-9-7-6-8-10-19)23(29)18-28(33(3,31)32)21-13-11-20(25)12-14-21/h6-14,22H,4-5,15-18H2,1-3H3,(H,26,30)/t22-/m1/s1. The molecule has 0 fully saturated rings. The van der Waals surface area contributed by atoms with Crippen LogP contribution in [0.25, 0.3) is 0 Å². The molecule has 2 aromatic rings. The Labute approximate surface area is 210 Å². The predicted octanol–water partition coefficient (Wildman–Crippen LogP) is 3.43. The van der Waals surface area contributed by atoms with Gasteiger partial charge in [0.05, 0.1) is 11.9 Å². The number of halogens is 1. The molecular formula is C24H32IN3O4S. The molecule has 0 bridgehead atoms. The van der Waals surface area contributed by atoms with E-state index in [1.807, 2.05) is 44.2 Å². The van der Waals surface area contributed by atoms with E-state index in [9.17, 15) is 18.0 Å². The number of amides is 2. The lowest BCUT2D eigenvalue weighted by atomic mass is 10.1. The maximum Gasteiger partial charge on any atom is 0.244 e. The second-order valence-corrected chi connectivity index (χ2v) is 10.9. The molecule has 2 rings (SSSR count). The first-order valence-electron chi connectivity index (χ1n) is 11.0. The largest absolute Gasteiger partial charge is 0.354 e.